The summed E-state index contributed by atoms with van der Waals surface area (Å²) in [6.07, 6.45) is 6.84. The number of hydrogen-bond acceptors (Lipinski definition) is 3. The predicted molar refractivity (Wildman–Crippen MR) is 112 cm³/mol. The van der Waals surface area contributed by atoms with E-state index in [1.165, 1.54) is 25.7 Å². The van der Waals surface area contributed by atoms with E-state index in [1.807, 2.05) is 0 Å². The molecule has 24 heavy (non-hydrogen) atoms. The van der Waals surface area contributed by atoms with E-state index >= 15 is 0 Å². The molecule has 2 saturated carbocycles. The van der Waals surface area contributed by atoms with Gasteiger partial charge in [-0.2, -0.15) is 0 Å². The smallest absolute Gasteiger partial charge is 0.191 e. The number of methoxy groups -OCH3 is 1. The quantitative estimate of drug-likeness (QED) is 0.207. The Labute approximate surface area is 165 Å². The lowest BCUT2D eigenvalue weighted by Gasteiger charge is -2.19. The summed E-state index contributed by atoms with van der Waals surface area (Å²) in [5.41, 5.74) is 0. The van der Waals surface area contributed by atoms with Crippen LogP contribution in [0, 0.1) is 17.8 Å². The first kappa shape index (κ1) is 22.0. The van der Waals surface area contributed by atoms with E-state index in [0.717, 1.165) is 69.5 Å². The van der Waals surface area contributed by atoms with Crippen molar-refractivity contribution < 1.29 is 4.74 Å². The summed E-state index contributed by atoms with van der Waals surface area (Å²) in [7, 11) is 3.93. The van der Waals surface area contributed by atoms with Crippen molar-refractivity contribution in [3.05, 3.63) is 0 Å². The topological polar surface area (TPSA) is 48.9 Å². The minimum atomic E-state index is 0. The predicted octanol–water partition coefficient (Wildman–Crippen LogP) is 2.56. The van der Waals surface area contributed by atoms with E-state index in [9.17, 15) is 0 Å². The number of likely N-dealkylation sites (N-methyl/N-ethyl adjacent to an activating group) is 1. The lowest BCUT2D eigenvalue weighted by Crippen LogP contribution is -2.41. The molecule has 2 N–H and O–H groups in total. The molecule has 5 nitrogen and oxygen atoms in total. The maximum Gasteiger partial charge on any atom is 0.191 e. The fourth-order valence-electron chi connectivity index (χ4n) is 3.23. The van der Waals surface area contributed by atoms with E-state index in [2.05, 4.69) is 29.5 Å². The van der Waals surface area contributed by atoms with Crippen LogP contribution in [0.15, 0.2) is 4.99 Å². The standard InChI is InChI=1S/C18H36N4O.HI/c1-4-19-18(20-10-12-22(2)11-5-13-23-3)21-14-17(15-6-7-15)16-8-9-16;/h15-17H,4-14H2,1-3H3,(H2,19,20,21);1H. The first-order valence-corrected chi connectivity index (χ1v) is 9.44. The maximum atomic E-state index is 5.10. The van der Waals surface area contributed by atoms with Gasteiger partial charge < -0.3 is 20.3 Å². The zero-order valence-corrected chi connectivity index (χ0v) is 18.1. The van der Waals surface area contributed by atoms with Crippen molar-refractivity contribution >= 4 is 29.9 Å². The van der Waals surface area contributed by atoms with Crippen LogP contribution in [-0.2, 0) is 4.74 Å². The van der Waals surface area contributed by atoms with Crippen LogP contribution in [0.1, 0.15) is 39.0 Å². The van der Waals surface area contributed by atoms with Crippen LogP contribution < -0.4 is 10.6 Å². The van der Waals surface area contributed by atoms with E-state index in [-0.39, 0.29) is 24.0 Å². The van der Waals surface area contributed by atoms with Crippen molar-refractivity contribution in [1.29, 1.82) is 0 Å². The number of halogens is 1. The number of rotatable bonds is 12. The second-order valence-corrected chi connectivity index (χ2v) is 7.13. The van der Waals surface area contributed by atoms with Crippen LogP contribution in [0.4, 0.5) is 0 Å². The molecular weight excluding hydrogens is 415 g/mol. The molecule has 0 radical (unpaired) electrons. The summed E-state index contributed by atoms with van der Waals surface area (Å²) in [5, 5.41) is 6.87. The Balaban J connectivity index is 0.00000288. The summed E-state index contributed by atoms with van der Waals surface area (Å²) in [6, 6.07) is 0. The molecule has 2 aliphatic carbocycles. The Hall–Kier alpha value is -0.0800. The molecular formula is C18H37IN4O. The summed E-state index contributed by atoms with van der Waals surface area (Å²) in [6.45, 7) is 7.95. The molecule has 0 amide bonds. The van der Waals surface area contributed by atoms with E-state index in [4.69, 9.17) is 9.73 Å². The highest BCUT2D eigenvalue weighted by Gasteiger charge is 2.41. The van der Waals surface area contributed by atoms with E-state index in [0.29, 0.717) is 0 Å². The first-order chi connectivity index (χ1) is 11.2. The SMILES string of the molecule is CCNC(=NCC(C1CC1)C1CC1)NCCN(C)CCCOC.I. The average Bonchev–Trinajstić information content (AvgIpc) is 3.41. The Kier molecular flexibility index (Phi) is 11.3. The molecule has 2 fully saturated rings. The molecule has 6 heteroatoms. The van der Waals surface area contributed by atoms with Crippen molar-refractivity contribution in [2.24, 2.45) is 22.7 Å². The van der Waals surface area contributed by atoms with Gasteiger partial charge in [0.15, 0.2) is 5.96 Å². The molecule has 142 valence electrons. The molecule has 0 unspecified atom stereocenters. The minimum absolute atomic E-state index is 0. The zero-order chi connectivity index (χ0) is 16.5. The normalized spacial score (nSPS) is 18.0. The van der Waals surface area contributed by atoms with Crippen molar-refractivity contribution in [1.82, 2.24) is 15.5 Å². The van der Waals surface area contributed by atoms with Gasteiger partial charge in [0, 0.05) is 46.4 Å². The monoisotopic (exact) mass is 452 g/mol. The summed E-state index contributed by atoms with van der Waals surface area (Å²) >= 11 is 0. The van der Waals surface area contributed by atoms with Crippen molar-refractivity contribution in [3.63, 3.8) is 0 Å². The van der Waals surface area contributed by atoms with Crippen LogP contribution in [0.3, 0.4) is 0 Å². The van der Waals surface area contributed by atoms with Gasteiger partial charge in [-0.05, 0) is 63.8 Å². The summed E-state index contributed by atoms with van der Waals surface area (Å²) < 4.78 is 5.10. The molecule has 0 atom stereocenters. The molecule has 0 aromatic rings. The van der Waals surface area contributed by atoms with Crippen LogP contribution in [-0.4, -0.2) is 64.3 Å². The summed E-state index contributed by atoms with van der Waals surface area (Å²) in [4.78, 5) is 7.20. The first-order valence-electron chi connectivity index (χ1n) is 9.44. The Bertz CT molecular complexity index is 347. The summed E-state index contributed by atoms with van der Waals surface area (Å²) in [5.74, 6) is 3.79. The Morgan fingerprint density at radius 1 is 1.17 bits per heavy atom. The highest BCUT2D eigenvalue weighted by Crippen LogP contribution is 2.49. The Morgan fingerprint density at radius 3 is 2.38 bits per heavy atom. The molecule has 0 heterocycles. The fraction of sp³-hybridized carbons (Fsp3) is 0.944. The van der Waals surface area contributed by atoms with E-state index < -0.39 is 0 Å². The van der Waals surface area contributed by atoms with Gasteiger partial charge in [0.1, 0.15) is 0 Å². The van der Waals surface area contributed by atoms with Gasteiger partial charge in [-0.1, -0.05) is 0 Å². The third kappa shape index (κ3) is 8.85. The fourth-order valence-corrected chi connectivity index (χ4v) is 3.23. The number of nitrogens with one attached hydrogen (secondary N) is 2. The molecule has 2 aliphatic rings. The Morgan fingerprint density at radius 2 is 1.83 bits per heavy atom. The van der Waals surface area contributed by atoms with Gasteiger partial charge in [-0.3, -0.25) is 4.99 Å². The van der Waals surface area contributed by atoms with Gasteiger partial charge in [0.05, 0.1) is 0 Å². The van der Waals surface area contributed by atoms with Crippen molar-refractivity contribution in [3.8, 4) is 0 Å². The maximum absolute atomic E-state index is 5.10. The lowest BCUT2D eigenvalue weighted by atomic mass is 9.98. The largest absolute Gasteiger partial charge is 0.385 e. The number of ether oxygens (including phenoxy) is 1. The van der Waals surface area contributed by atoms with Crippen LogP contribution in [0.5, 0.6) is 0 Å². The van der Waals surface area contributed by atoms with Gasteiger partial charge in [-0.15, -0.1) is 24.0 Å². The highest BCUT2D eigenvalue weighted by molar-refractivity contribution is 14.0. The number of nitrogens with zero attached hydrogens (tertiary/aromatic N) is 2. The van der Waals surface area contributed by atoms with Crippen molar-refractivity contribution in [2.75, 3.05) is 53.5 Å². The number of aliphatic imine (C=N–C) groups is 1. The third-order valence-corrected chi connectivity index (χ3v) is 4.93. The highest BCUT2D eigenvalue weighted by atomic mass is 127. The van der Waals surface area contributed by atoms with E-state index in [1.54, 1.807) is 7.11 Å². The molecule has 0 spiro atoms. The second kappa shape index (κ2) is 12.3. The van der Waals surface area contributed by atoms with Crippen LogP contribution >= 0.6 is 24.0 Å². The minimum Gasteiger partial charge on any atom is -0.385 e. The molecule has 0 saturated heterocycles. The molecule has 0 bridgehead atoms. The van der Waals surface area contributed by atoms with Gasteiger partial charge in [0.25, 0.3) is 0 Å². The lowest BCUT2D eigenvalue weighted by molar-refractivity contribution is 0.180. The average molecular weight is 452 g/mol. The molecule has 0 aromatic carbocycles. The molecule has 0 aromatic heterocycles. The number of hydrogen-bond donors (Lipinski definition) is 2. The van der Waals surface area contributed by atoms with Crippen LogP contribution in [0.25, 0.3) is 0 Å². The van der Waals surface area contributed by atoms with Gasteiger partial charge in [-0.25, -0.2) is 0 Å². The van der Waals surface area contributed by atoms with Gasteiger partial charge in [0.2, 0.25) is 0 Å². The van der Waals surface area contributed by atoms with Crippen molar-refractivity contribution in [2.45, 2.75) is 39.0 Å². The van der Waals surface area contributed by atoms with Gasteiger partial charge >= 0.3 is 0 Å². The molecule has 2 rings (SSSR count). The zero-order valence-electron chi connectivity index (χ0n) is 15.7. The third-order valence-electron chi connectivity index (χ3n) is 4.93. The second-order valence-electron chi connectivity index (χ2n) is 7.13. The molecule has 0 aliphatic heterocycles. The number of guanidine groups is 1. The van der Waals surface area contributed by atoms with Crippen LogP contribution in [0.2, 0.25) is 0 Å².